The number of ketones is 2. The van der Waals surface area contributed by atoms with Crippen molar-refractivity contribution in [2.75, 3.05) is 0 Å². The van der Waals surface area contributed by atoms with E-state index in [1.807, 2.05) is 27.7 Å². The van der Waals surface area contributed by atoms with Gasteiger partial charge in [0.05, 0.1) is 11.4 Å². The highest BCUT2D eigenvalue weighted by Gasteiger charge is 2.13. The summed E-state index contributed by atoms with van der Waals surface area (Å²) in [5.41, 5.74) is 2.57. The predicted molar refractivity (Wildman–Crippen MR) is 85.8 cm³/mol. The van der Waals surface area contributed by atoms with Gasteiger partial charge in [0.1, 0.15) is 0 Å². The summed E-state index contributed by atoms with van der Waals surface area (Å²) in [5.74, 6) is 0.0500. The number of aromatic nitrogens is 2. The lowest BCUT2D eigenvalue weighted by Gasteiger charge is -2.06. The Balaban J connectivity index is 2.22. The number of nitrogens with zero attached hydrogens (tertiary/aromatic N) is 2. The minimum atomic E-state index is -0.0490. The van der Waals surface area contributed by atoms with Gasteiger partial charge < -0.3 is 0 Å². The Bertz CT molecular complexity index is 610. The van der Waals surface area contributed by atoms with Crippen LogP contribution in [-0.4, -0.2) is 21.5 Å². The van der Waals surface area contributed by atoms with Crippen molar-refractivity contribution >= 4 is 11.6 Å². The van der Waals surface area contributed by atoms with E-state index in [0.29, 0.717) is 22.5 Å². The van der Waals surface area contributed by atoms with Crippen molar-refractivity contribution in [1.82, 2.24) is 9.97 Å². The maximum Gasteiger partial charge on any atom is 0.166 e. The quantitative estimate of drug-likeness (QED) is 0.787. The molecule has 2 heterocycles. The van der Waals surface area contributed by atoms with E-state index in [1.165, 1.54) is 0 Å². The molecule has 0 saturated heterocycles. The topological polar surface area (TPSA) is 59.9 Å². The molecule has 0 aromatic carbocycles. The first-order chi connectivity index (χ1) is 10.4. The molecular formula is C18H20N2O2. The van der Waals surface area contributed by atoms with Crippen LogP contribution >= 0.6 is 0 Å². The third-order valence-corrected chi connectivity index (χ3v) is 3.41. The SMILES string of the molecule is CC(C)C(=O)c1ccc(-c2ccc(C(=O)C(C)C)cn2)nc1. The van der Waals surface area contributed by atoms with E-state index in [4.69, 9.17) is 0 Å². The zero-order valence-corrected chi connectivity index (χ0v) is 13.3. The fourth-order valence-electron chi connectivity index (χ4n) is 2.05. The average Bonchev–Trinajstić information content (AvgIpc) is 2.53. The highest BCUT2D eigenvalue weighted by atomic mass is 16.1. The van der Waals surface area contributed by atoms with Gasteiger partial charge in [-0.3, -0.25) is 19.6 Å². The average molecular weight is 296 g/mol. The van der Waals surface area contributed by atoms with Gasteiger partial charge in [0.25, 0.3) is 0 Å². The molecular weight excluding hydrogens is 276 g/mol. The van der Waals surface area contributed by atoms with Gasteiger partial charge in [0.2, 0.25) is 0 Å². The van der Waals surface area contributed by atoms with Crippen LogP contribution in [0, 0.1) is 11.8 Å². The van der Waals surface area contributed by atoms with Crippen LogP contribution in [-0.2, 0) is 0 Å². The molecule has 0 amide bonds. The maximum absolute atomic E-state index is 11.9. The summed E-state index contributed by atoms with van der Waals surface area (Å²) >= 11 is 0. The molecule has 0 spiro atoms. The van der Waals surface area contributed by atoms with Crippen LogP contribution in [0.5, 0.6) is 0 Å². The molecule has 0 bridgehead atoms. The van der Waals surface area contributed by atoms with Gasteiger partial charge in [0, 0.05) is 35.4 Å². The molecule has 0 saturated carbocycles. The molecule has 0 atom stereocenters. The molecule has 2 rings (SSSR count). The summed E-state index contributed by atoms with van der Waals surface area (Å²) in [7, 11) is 0. The Labute approximate surface area is 130 Å². The van der Waals surface area contributed by atoms with Crippen molar-refractivity contribution in [3.05, 3.63) is 47.8 Å². The van der Waals surface area contributed by atoms with E-state index in [0.717, 1.165) is 0 Å². The largest absolute Gasteiger partial charge is 0.294 e. The molecule has 2 aromatic rings. The molecule has 0 radical (unpaired) electrons. The summed E-state index contributed by atoms with van der Waals surface area (Å²) in [4.78, 5) is 32.4. The van der Waals surface area contributed by atoms with E-state index in [1.54, 1.807) is 36.7 Å². The van der Waals surface area contributed by atoms with E-state index in [-0.39, 0.29) is 23.4 Å². The number of hydrogen-bond acceptors (Lipinski definition) is 4. The molecule has 0 unspecified atom stereocenters. The molecule has 4 nitrogen and oxygen atoms in total. The van der Waals surface area contributed by atoms with E-state index >= 15 is 0 Å². The number of pyridine rings is 2. The fourth-order valence-corrected chi connectivity index (χ4v) is 2.05. The van der Waals surface area contributed by atoms with Gasteiger partial charge >= 0.3 is 0 Å². The number of carbonyl (C=O) groups excluding carboxylic acids is 2. The van der Waals surface area contributed by atoms with E-state index in [2.05, 4.69) is 9.97 Å². The lowest BCUT2D eigenvalue weighted by molar-refractivity contribution is 0.0931. The van der Waals surface area contributed by atoms with Crippen molar-refractivity contribution in [3.8, 4) is 11.4 Å². The monoisotopic (exact) mass is 296 g/mol. The van der Waals surface area contributed by atoms with Gasteiger partial charge in [-0.15, -0.1) is 0 Å². The number of carbonyl (C=O) groups is 2. The van der Waals surface area contributed by atoms with Gasteiger partial charge in [-0.05, 0) is 24.3 Å². The second-order valence-electron chi connectivity index (χ2n) is 5.90. The highest BCUT2D eigenvalue weighted by molar-refractivity contribution is 5.98. The van der Waals surface area contributed by atoms with Gasteiger partial charge in [-0.25, -0.2) is 0 Å². The zero-order valence-electron chi connectivity index (χ0n) is 13.3. The van der Waals surface area contributed by atoms with Crippen LogP contribution in [0.15, 0.2) is 36.7 Å². The molecule has 0 aliphatic carbocycles. The molecule has 22 heavy (non-hydrogen) atoms. The number of rotatable bonds is 5. The predicted octanol–water partition coefficient (Wildman–Crippen LogP) is 3.82. The summed E-state index contributed by atoms with van der Waals surface area (Å²) in [5, 5.41) is 0. The summed E-state index contributed by atoms with van der Waals surface area (Å²) in [6.45, 7) is 7.45. The standard InChI is InChI=1S/C18H20N2O2/c1-11(2)17(21)13-5-7-15(19-9-13)16-8-6-14(10-20-16)18(22)12(3)4/h5-12H,1-4H3. The van der Waals surface area contributed by atoms with Gasteiger partial charge in [-0.1, -0.05) is 27.7 Å². The van der Waals surface area contributed by atoms with Crippen LogP contribution in [0.2, 0.25) is 0 Å². The molecule has 0 fully saturated rings. The normalized spacial score (nSPS) is 11.0. The van der Waals surface area contributed by atoms with Crippen LogP contribution in [0.4, 0.5) is 0 Å². The number of hydrogen-bond donors (Lipinski definition) is 0. The summed E-state index contributed by atoms with van der Waals surface area (Å²) in [6, 6.07) is 7.09. The van der Waals surface area contributed by atoms with E-state index in [9.17, 15) is 9.59 Å². The van der Waals surface area contributed by atoms with Crippen molar-refractivity contribution in [2.45, 2.75) is 27.7 Å². The molecule has 4 heteroatoms. The van der Waals surface area contributed by atoms with Crippen LogP contribution < -0.4 is 0 Å². The summed E-state index contributed by atoms with van der Waals surface area (Å²) < 4.78 is 0. The Morgan fingerprint density at radius 1 is 0.727 bits per heavy atom. The molecule has 0 aliphatic rings. The first-order valence-electron chi connectivity index (χ1n) is 7.41. The smallest absolute Gasteiger partial charge is 0.166 e. The molecule has 0 N–H and O–H groups in total. The number of Topliss-reactive ketones (excluding diaryl/α,β-unsaturated/α-hetero) is 2. The lowest BCUT2D eigenvalue weighted by atomic mass is 10.0. The Hall–Kier alpha value is -2.36. The maximum atomic E-state index is 11.9. The first kappa shape index (κ1) is 16.0. The Morgan fingerprint density at radius 3 is 1.32 bits per heavy atom. The minimum Gasteiger partial charge on any atom is -0.294 e. The minimum absolute atomic E-state index is 0.0490. The second kappa shape index (κ2) is 6.60. The Morgan fingerprint density at radius 2 is 1.09 bits per heavy atom. The molecule has 0 aliphatic heterocycles. The van der Waals surface area contributed by atoms with Gasteiger partial charge in [0.15, 0.2) is 11.6 Å². The highest BCUT2D eigenvalue weighted by Crippen LogP contribution is 2.17. The Kier molecular flexibility index (Phi) is 4.81. The third kappa shape index (κ3) is 3.45. The van der Waals surface area contributed by atoms with Crippen molar-refractivity contribution < 1.29 is 9.59 Å². The summed E-state index contributed by atoms with van der Waals surface area (Å²) in [6.07, 6.45) is 3.15. The second-order valence-corrected chi connectivity index (χ2v) is 5.90. The van der Waals surface area contributed by atoms with Crippen LogP contribution in [0.1, 0.15) is 48.4 Å². The molecule has 2 aromatic heterocycles. The zero-order chi connectivity index (χ0) is 16.3. The van der Waals surface area contributed by atoms with Crippen molar-refractivity contribution in [2.24, 2.45) is 11.8 Å². The fraction of sp³-hybridized carbons (Fsp3) is 0.333. The molecule has 114 valence electrons. The van der Waals surface area contributed by atoms with E-state index < -0.39 is 0 Å². The van der Waals surface area contributed by atoms with Crippen molar-refractivity contribution in [1.29, 1.82) is 0 Å². The first-order valence-corrected chi connectivity index (χ1v) is 7.41. The lowest BCUT2D eigenvalue weighted by Crippen LogP contribution is -2.08. The van der Waals surface area contributed by atoms with Gasteiger partial charge in [-0.2, -0.15) is 0 Å². The van der Waals surface area contributed by atoms with Crippen molar-refractivity contribution in [3.63, 3.8) is 0 Å². The third-order valence-electron chi connectivity index (χ3n) is 3.41. The van der Waals surface area contributed by atoms with Crippen LogP contribution in [0.3, 0.4) is 0 Å². The van der Waals surface area contributed by atoms with Crippen LogP contribution in [0.25, 0.3) is 11.4 Å².